The van der Waals surface area contributed by atoms with Gasteiger partial charge in [-0.05, 0) is 42.3 Å². The molecule has 2 rings (SSSR count). The number of benzene rings is 1. The second kappa shape index (κ2) is 6.17. The van der Waals surface area contributed by atoms with Gasteiger partial charge in [0.25, 0.3) is 0 Å². The molecule has 0 aliphatic rings. The number of aromatic nitrogens is 1. The van der Waals surface area contributed by atoms with Crippen LogP contribution in [-0.2, 0) is 6.54 Å². The van der Waals surface area contributed by atoms with Gasteiger partial charge in [0.2, 0.25) is 0 Å². The van der Waals surface area contributed by atoms with Gasteiger partial charge in [-0.25, -0.2) is 4.98 Å². The molecule has 1 atom stereocenters. The molecule has 0 radical (unpaired) electrons. The van der Waals surface area contributed by atoms with Crippen molar-refractivity contribution in [2.24, 2.45) is 0 Å². The quantitative estimate of drug-likeness (QED) is 0.936. The minimum atomic E-state index is -0.471. The fraction of sp³-hybridized carbons (Fsp3) is 0.267. The molecule has 0 aliphatic heterocycles. The molecule has 0 saturated carbocycles. The average molecular weight is 321 g/mol. The molecule has 0 saturated heterocycles. The zero-order chi connectivity index (χ0) is 13.8. The summed E-state index contributed by atoms with van der Waals surface area (Å²) in [5.41, 5.74) is 2.09. The van der Waals surface area contributed by atoms with Gasteiger partial charge in [-0.1, -0.05) is 28.1 Å². The smallest absolute Gasteiger partial charge is 0.128 e. The van der Waals surface area contributed by atoms with Crippen LogP contribution in [0.15, 0.2) is 47.1 Å². The molecule has 0 fully saturated rings. The first kappa shape index (κ1) is 14.0. The van der Waals surface area contributed by atoms with Crippen LogP contribution in [0.3, 0.4) is 0 Å². The number of nitrogens with zero attached hydrogens (tertiary/aromatic N) is 2. The molecular formula is C15H17BrN2O. The van der Waals surface area contributed by atoms with Gasteiger partial charge in [-0.15, -0.1) is 0 Å². The Kier molecular flexibility index (Phi) is 4.56. The number of anilines is 1. The summed E-state index contributed by atoms with van der Waals surface area (Å²) in [6.07, 6.45) is 1.26. The second-order valence-corrected chi connectivity index (χ2v) is 5.53. The lowest BCUT2D eigenvalue weighted by molar-refractivity contribution is 0.199. The fourth-order valence-corrected chi connectivity index (χ4v) is 2.34. The monoisotopic (exact) mass is 320 g/mol. The molecule has 100 valence electrons. The third-order valence-electron chi connectivity index (χ3n) is 2.95. The van der Waals surface area contributed by atoms with Gasteiger partial charge in [-0.2, -0.15) is 0 Å². The Morgan fingerprint density at radius 3 is 2.79 bits per heavy atom. The summed E-state index contributed by atoms with van der Waals surface area (Å²) in [5.74, 6) is 0.860. The number of aliphatic hydroxyl groups excluding tert-OH is 1. The summed E-state index contributed by atoms with van der Waals surface area (Å²) in [6, 6.07) is 12.0. The van der Waals surface area contributed by atoms with Crippen LogP contribution >= 0.6 is 15.9 Å². The first-order valence-electron chi connectivity index (χ1n) is 6.16. The van der Waals surface area contributed by atoms with E-state index in [9.17, 15) is 5.11 Å². The lowest BCUT2D eigenvalue weighted by atomic mass is 10.1. The average Bonchev–Trinajstić information content (AvgIpc) is 2.39. The summed E-state index contributed by atoms with van der Waals surface area (Å²) >= 11 is 3.47. The third kappa shape index (κ3) is 3.78. The topological polar surface area (TPSA) is 36.4 Å². The van der Waals surface area contributed by atoms with E-state index in [4.69, 9.17) is 0 Å². The number of halogens is 1. The van der Waals surface area contributed by atoms with Crippen molar-refractivity contribution >= 4 is 21.7 Å². The first-order chi connectivity index (χ1) is 9.06. The summed E-state index contributed by atoms with van der Waals surface area (Å²) < 4.78 is 1.07. The predicted molar refractivity (Wildman–Crippen MR) is 81.1 cm³/mol. The van der Waals surface area contributed by atoms with Crippen LogP contribution in [0.5, 0.6) is 0 Å². The number of hydrogen-bond donors (Lipinski definition) is 1. The molecule has 1 heterocycles. The molecule has 4 heteroatoms. The minimum Gasteiger partial charge on any atom is -0.389 e. The first-order valence-corrected chi connectivity index (χ1v) is 6.95. The Hall–Kier alpha value is -1.39. The van der Waals surface area contributed by atoms with Crippen LogP contribution < -0.4 is 4.90 Å². The number of hydrogen-bond acceptors (Lipinski definition) is 3. The van der Waals surface area contributed by atoms with Gasteiger partial charge in [-0.3, -0.25) is 0 Å². The van der Waals surface area contributed by atoms with Crippen LogP contribution in [0.4, 0.5) is 5.82 Å². The highest BCUT2D eigenvalue weighted by molar-refractivity contribution is 9.10. The molecular weight excluding hydrogens is 304 g/mol. The minimum absolute atomic E-state index is 0.471. The summed E-state index contributed by atoms with van der Waals surface area (Å²) in [7, 11) is 2.00. The largest absolute Gasteiger partial charge is 0.389 e. The van der Waals surface area contributed by atoms with E-state index in [0.717, 1.165) is 22.4 Å². The number of aliphatic hydroxyl groups is 1. The molecule has 1 N–H and O–H groups in total. The molecule has 0 aliphatic carbocycles. The maximum Gasteiger partial charge on any atom is 0.128 e. The van der Waals surface area contributed by atoms with Crippen molar-refractivity contribution in [1.82, 2.24) is 4.98 Å². The van der Waals surface area contributed by atoms with Crippen molar-refractivity contribution < 1.29 is 5.11 Å². The Labute approximate surface area is 122 Å². The predicted octanol–water partition coefficient (Wildman–Crippen LogP) is 3.53. The molecule has 0 bridgehead atoms. The van der Waals surface area contributed by atoms with Crippen molar-refractivity contribution in [2.45, 2.75) is 19.6 Å². The SMILES string of the molecule is CC(O)c1ccnc(N(C)Cc2cccc(Br)c2)c1. The van der Waals surface area contributed by atoms with Gasteiger partial charge in [0.15, 0.2) is 0 Å². The zero-order valence-corrected chi connectivity index (χ0v) is 12.6. The maximum atomic E-state index is 9.60. The lowest BCUT2D eigenvalue weighted by Crippen LogP contribution is -2.17. The molecule has 3 nitrogen and oxygen atoms in total. The van der Waals surface area contributed by atoms with Crippen molar-refractivity contribution in [2.75, 3.05) is 11.9 Å². The van der Waals surface area contributed by atoms with E-state index in [1.165, 1.54) is 5.56 Å². The van der Waals surface area contributed by atoms with Gasteiger partial charge in [0.05, 0.1) is 6.10 Å². The second-order valence-electron chi connectivity index (χ2n) is 4.61. The summed E-state index contributed by atoms with van der Waals surface area (Å²) in [6.45, 7) is 2.53. The van der Waals surface area contributed by atoms with Crippen molar-refractivity contribution in [1.29, 1.82) is 0 Å². The molecule has 1 unspecified atom stereocenters. The van der Waals surface area contributed by atoms with E-state index in [-0.39, 0.29) is 0 Å². The van der Waals surface area contributed by atoms with E-state index in [2.05, 4.69) is 37.9 Å². The Morgan fingerprint density at radius 1 is 1.32 bits per heavy atom. The Balaban J connectivity index is 2.15. The molecule has 1 aromatic carbocycles. The summed E-state index contributed by atoms with van der Waals surface area (Å²) in [4.78, 5) is 6.41. The van der Waals surface area contributed by atoms with E-state index in [1.807, 2.05) is 31.3 Å². The Bertz CT molecular complexity index is 557. The number of pyridine rings is 1. The third-order valence-corrected chi connectivity index (χ3v) is 3.45. The molecule has 0 spiro atoms. The number of rotatable bonds is 4. The van der Waals surface area contributed by atoms with E-state index >= 15 is 0 Å². The highest BCUT2D eigenvalue weighted by atomic mass is 79.9. The van der Waals surface area contributed by atoms with Crippen molar-refractivity contribution in [3.8, 4) is 0 Å². The maximum absolute atomic E-state index is 9.60. The zero-order valence-electron chi connectivity index (χ0n) is 11.0. The van der Waals surface area contributed by atoms with Gasteiger partial charge >= 0.3 is 0 Å². The van der Waals surface area contributed by atoms with Crippen molar-refractivity contribution in [3.05, 3.63) is 58.2 Å². The van der Waals surface area contributed by atoms with Gasteiger partial charge < -0.3 is 10.0 Å². The molecule has 1 aromatic heterocycles. The van der Waals surface area contributed by atoms with Crippen LogP contribution in [0, 0.1) is 0 Å². The lowest BCUT2D eigenvalue weighted by Gasteiger charge is -2.19. The van der Waals surface area contributed by atoms with Crippen LogP contribution in [0.2, 0.25) is 0 Å². The van der Waals surface area contributed by atoms with Crippen LogP contribution in [0.1, 0.15) is 24.2 Å². The highest BCUT2D eigenvalue weighted by Crippen LogP contribution is 2.19. The highest BCUT2D eigenvalue weighted by Gasteiger charge is 2.07. The van der Waals surface area contributed by atoms with E-state index in [0.29, 0.717) is 0 Å². The van der Waals surface area contributed by atoms with Crippen LogP contribution in [-0.4, -0.2) is 17.1 Å². The van der Waals surface area contributed by atoms with E-state index in [1.54, 1.807) is 13.1 Å². The van der Waals surface area contributed by atoms with Crippen molar-refractivity contribution in [3.63, 3.8) is 0 Å². The fourth-order valence-electron chi connectivity index (χ4n) is 1.89. The van der Waals surface area contributed by atoms with Gasteiger partial charge in [0.1, 0.15) is 5.82 Å². The van der Waals surface area contributed by atoms with E-state index < -0.39 is 6.10 Å². The normalized spacial score (nSPS) is 12.2. The summed E-state index contributed by atoms with van der Waals surface area (Å²) in [5, 5.41) is 9.60. The van der Waals surface area contributed by atoms with Crippen LogP contribution in [0.25, 0.3) is 0 Å². The molecule has 19 heavy (non-hydrogen) atoms. The van der Waals surface area contributed by atoms with Gasteiger partial charge in [0, 0.05) is 24.3 Å². The Morgan fingerprint density at radius 2 is 2.11 bits per heavy atom. The molecule has 2 aromatic rings. The molecule has 0 amide bonds. The standard InChI is InChI=1S/C15H17BrN2O/c1-11(19)13-6-7-17-15(9-13)18(2)10-12-4-3-5-14(16)8-12/h3-9,11,19H,10H2,1-2H3.